The van der Waals surface area contributed by atoms with Gasteiger partial charge in [-0.15, -0.1) is 0 Å². The third-order valence-corrected chi connectivity index (χ3v) is 3.02. The molecule has 3 N–H and O–H groups in total. The van der Waals surface area contributed by atoms with Gasteiger partial charge >= 0.3 is 0 Å². The Bertz CT molecular complexity index is 499. The van der Waals surface area contributed by atoms with Gasteiger partial charge in [0, 0.05) is 24.7 Å². The van der Waals surface area contributed by atoms with Crippen molar-refractivity contribution in [1.82, 2.24) is 10.3 Å². The van der Waals surface area contributed by atoms with Gasteiger partial charge in [-0.05, 0) is 18.6 Å². The zero-order chi connectivity index (χ0) is 12.9. The predicted molar refractivity (Wildman–Crippen MR) is 65.3 cm³/mol. The molecule has 1 rings (SSSR count). The van der Waals surface area contributed by atoms with Crippen LogP contribution in [0.4, 0.5) is 5.69 Å². The Morgan fingerprint density at radius 1 is 1.53 bits per heavy atom. The first-order chi connectivity index (χ1) is 7.88. The van der Waals surface area contributed by atoms with Crippen LogP contribution in [-0.2, 0) is 9.84 Å². The second kappa shape index (κ2) is 5.62. The predicted octanol–water partition coefficient (Wildman–Crippen LogP) is -0.172. The zero-order valence-corrected chi connectivity index (χ0v) is 10.3. The Hall–Kier alpha value is -1.63. The van der Waals surface area contributed by atoms with E-state index in [9.17, 15) is 13.2 Å². The van der Waals surface area contributed by atoms with Crippen molar-refractivity contribution in [3.63, 3.8) is 0 Å². The van der Waals surface area contributed by atoms with Crippen molar-refractivity contribution in [3.05, 3.63) is 24.0 Å². The van der Waals surface area contributed by atoms with E-state index >= 15 is 0 Å². The van der Waals surface area contributed by atoms with Crippen molar-refractivity contribution in [3.8, 4) is 0 Å². The molecule has 1 aromatic heterocycles. The highest BCUT2D eigenvalue weighted by atomic mass is 32.2. The topological polar surface area (TPSA) is 102 Å². The first-order valence-corrected chi connectivity index (χ1v) is 7.12. The molecule has 1 heterocycles. The molecule has 0 aliphatic carbocycles. The van der Waals surface area contributed by atoms with E-state index in [1.54, 1.807) is 6.07 Å². The van der Waals surface area contributed by atoms with E-state index in [4.69, 9.17) is 5.73 Å². The van der Waals surface area contributed by atoms with E-state index in [1.807, 2.05) is 0 Å². The Labute approximate surface area is 100 Å². The van der Waals surface area contributed by atoms with Crippen LogP contribution in [0, 0.1) is 0 Å². The van der Waals surface area contributed by atoms with Crippen molar-refractivity contribution in [2.45, 2.75) is 6.42 Å². The summed E-state index contributed by atoms with van der Waals surface area (Å²) in [6.07, 6.45) is 2.99. The largest absolute Gasteiger partial charge is 0.399 e. The van der Waals surface area contributed by atoms with Crippen molar-refractivity contribution < 1.29 is 13.2 Å². The number of carbonyl (C=O) groups is 1. The van der Waals surface area contributed by atoms with Gasteiger partial charge in [-0.2, -0.15) is 0 Å². The number of nitrogen functional groups attached to an aromatic ring is 1. The van der Waals surface area contributed by atoms with Gasteiger partial charge < -0.3 is 11.1 Å². The second-order valence-corrected chi connectivity index (χ2v) is 5.97. The third-order valence-electron chi connectivity index (χ3n) is 1.99. The molecule has 0 fully saturated rings. The normalized spacial score (nSPS) is 11.1. The van der Waals surface area contributed by atoms with E-state index in [1.165, 1.54) is 12.3 Å². The molecule has 94 valence electrons. The SMILES string of the molecule is CS(=O)(=O)CCCNC(=O)c1cc(N)ccn1. The van der Waals surface area contributed by atoms with E-state index in [2.05, 4.69) is 10.3 Å². The number of anilines is 1. The molecule has 1 amide bonds. The quantitative estimate of drug-likeness (QED) is 0.713. The molecule has 7 heteroatoms. The fourth-order valence-corrected chi connectivity index (χ4v) is 1.87. The van der Waals surface area contributed by atoms with Gasteiger partial charge in [0.1, 0.15) is 15.5 Å². The van der Waals surface area contributed by atoms with Crippen molar-refractivity contribution in [2.75, 3.05) is 24.3 Å². The molecule has 0 radical (unpaired) electrons. The van der Waals surface area contributed by atoms with Crippen LogP contribution < -0.4 is 11.1 Å². The number of nitrogens with two attached hydrogens (primary N) is 1. The molecule has 0 aliphatic rings. The standard InChI is InChI=1S/C10H15N3O3S/c1-17(15,16)6-2-4-13-10(14)9-7-8(11)3-5-12-9/h3,5,7H,2,4,6H2,1H3,(H2,11,12)(H,13,14). The van der Waals surface area contributed by atoms with E-state index in [0.717, 1.165) is 6.26 Å². The van der Waals surface area contributed by atoms with E-state index in [0.29, 0.717) is 18.7 Å². The molecule has 0 spiro atoms. The maximum atomic E-state index is 11.5. The van der Waals surface area contributed by atoms with Crippen molar-refractivity contribution >= 4 is 21.4 Å². The number of amides is 1. The molecule has 1 aromatic rings. The minimum Gasteiger partial charge on any atom is -0.399 e. The Morgan fingerprint density at radius 2 is 2.24 bits per heavy atom. The van der Waals surface area contributed by atoms with E-state index < -0.39 is 9.84 Å². The number of nitrogens with zero attached hydrogens (tertiary/aromatic N) is 1. The highest BCUT2D eigenvalue weighted by molar-refractivity contribution is 7.90. The first kappa shape index (κ1) is 13.4. The number of carbonyl (C=O) groups excluding carboxylic acids is 1. The summed E-state index contributed by atoms with van der Waals surface area (Å²) in [5.41, 5.74) is 6.19. The van der Waals surface area contributed by atoms with Crippen LogP contribution in [0.25, 0.3) is 0 Å². The fraction of sp³-hybridized carbons (Fsp3) is 0.400. The summed E-state index contributed by atoms with van der Waals surface area (Å²) in [5, 5.41) is 2.58. The van der Waals surface area contributed by atoms with Crippen LogP contribution in [0.1, 0.15) is 16.9 Å². The summed E-state index contributed by atoms with van der Waals surface area (Å²) >= 11 is 0. The van der Waals surface area contributed by atoms with Crippen molar-refractivity contribution in [1.29, 1.82) is 0 Å². The molecule has 0 saturated heterocycles. The minimum absolute atomic E-state index is 0.0532. The number of hydrogen-bond acceptors (Lipinski definition) is 5. The molecule has 0 bridgehead atoms. The van der Waals surface area contributed by atoms with Crippen LogP contribution in [0.15, 0.2) is 18.3 Å². The lowest BCUT2D eigenvalue weighted by atomic mass is 10.3. The minimum atomic E-state index is -2.98. The highest BCUT2D eigenvalue weighted by Crippen LogP contribution is 2.02. The molecule has 0 atom stereocenters. The summed E-state index contributed by atoms with van der Waals surface area (Å²) in [4.78, 5) is 15.4. The van der Waals surface area contributed by atoms with Crippen LogP contribution in [-0.4, -0.2) is 37.9 Å². The first-order valence-electron chi connectivity index (χ1n) is 5.06. The summed E-state index contributed by atoms with van der Waals surface area (Å²) in [7, 11) is -2.98. The number of rotatable bonds is 5. The summed E-state index contributed by atoms with van der Waals surface area (Å²) in [6.45, 7) is 0.294. The number of hydrogen-bond donors (Lipinski definition) is 2. The fourth-order valence-electron chi connectivity index (χ4n) is 1.20. The van der Waals surface area contributed by atoms with Crippen molar-refractivity contribution in [2.24, 2.45) is 0 Å². The number of pyridine rings is 1. The van der Waals surface area contributed by atoms with Gasteiger partial charge in [-0.3, -0.25) is 9.78 Å². The molecule has 6 nitrogen and oxygen atoms in total. The Kier molecular flexibility index (Phi) is 4.45. The monoisotopic (exact) mass is 257 g/mol. The smallest absolute Gasteiger partial charge is 0.269 e. The Balaban J connectivity index is 2.41. The average Bonchev–Trinajstić information content (AvgIpc) is 2.23. The third kappa shape index (κ3) is 5.30. The van der Waals surface area contributed by atoms with Gasteiger partial charge in [0.2, 0.25) is 0 Å². The molecule has 0 unspecified atom stereocenters. The zero-order valence-electron chi connectivity index (χ0n) is 9.51. The molecule has 0 aromatic carbocycles. The Morgan fingerprint density at radius 3 is 2.82 bits per heavy atom. The van der Waals surface area contributed by atoms with Gasteiger partial charge in [0.05, 0.1) is 5.75 Å². The molecular formula is C10H15N3O3S. The highest BCUT2D eigenvalue weighted by Gasteiger charge is 2.07. The lowest BCUT2D eigenvalue weighted by molar-refractivity contribution is 0.0949. The summed E-state index contributed by atoms with van der Waals surface area (Å²) in [6, 6.07) is 3.05. The van der Waals surface area contributed by atoms with Crippen LogP contribution in [0.2, 0.25) is 0 Å². The maximum Gasteiger partial charge on any atom is 0.269 e. The molecular weight excluding hydrogens is 242 g/mol. The van der Waals surface area contributed by atoms with Gasteiger partial charge in [0.15, 0.2) is 0 Å². The number of sulfone groups is 1. The lowest BCUT2D eigenvalue weighted by Crippen LogP contribution is -2.26. The maximum absolute atomic E-state index is 11.5. The van der Waals surface area contributed by atoms with Crippen LogP contribution in [0.3, 0.4) is 0 Å². The summed E-state index contributed by atoms with van der Waals surface area (Å²) < 4.78 is 21.7. The molecule has 17 heavy (non-hydrogen) atoms. The average molecular weight is 257 g/mol. The summed E-state index contributed by atoms with van der Waals surface area (Å²) in [5.74, 6) is -0.303. The van der Waals surface area contributed by atoms with E-state index in [-0.39, 0.29) is 17.4 Å². The molecule has 0 saturated carbocycles. The van der Waals surface area contributed by atoms with Crippen LogP contribution in [0.5, 0.6) is 0 Å². The van der Waals surface area contributed by atoms with Gasteiger partial charge in [-0.1, -0.05) is 0 Å². The van der Waals surface area contributed by atoms with Crippen LogP contribution >= 0.6 is 0 Å². The molecule has 0 aliphatic heterocycles. The number of aromatic nitrogens is 1. The lowest BCUT2D eigenvalue weighted by Gasteiger charge is -2.04. The van der Waals surface area contributed by atoms with Gasteiger partial charge in [0.25, 0.3) is 5.91 Å². The van der Waals surface area contributed by atoms with Gasteiger partial charge in [-0.25, -0.2) is 8.42 Å². The second-order valence-electron chi connectivity index (χ2n) is 3.71. The number of nitrogens with one attached hydrogen (secondary N) is 1.